The minimum Gasteiger partial charge on any atom is -0.489 e. The summed E-state index contributed by atoms with van der Waals surface area (Å²) in [6.07, 6.45) is 0. The second-order valence-electron chi connectivity index (χ2n) is 6.00. The maximum absolute atomic E-state index is 5.94. The van der Waals surface area contributed by atoms with E-state index in [1.807, 2.05) is 36.4 Å². The summed E-state index contributed by atoms with van der Waals surface area (Å²) in [5, 5.41) is 0. The van der Waals surface area contributed by atoms with E-state index < -0.39 is 0 Å². The highest BCUT2D eigenvalue weighted by Crippen LogP contribution is 2.32. The summed E-state index contributed by atoms with van der Waals surface area (Å²) in [7, 11) is 0. The van der Waals surface area contributed by atoms with Crippen LogP contribution in [-0.4, -0.2) is 0 Å². The standard InChI is InChI=1S/C22H21O/c1-22(2,19-12-7-4-8-13-19)20-14-9-15-21(16-20)23-17-18-10-5-3-6-11-18/h3-16H,1,17H2,2H3. The molecule has 0 N–H and O–H groups in total. The van der Waals surface area contributed by atoms with Crippen molar-refractivity contribution in [2.24, 2.45) is 0 Å². The summed E-state index contributed by atoms with van der Waals surface area (Å²) < 4.78 is 5.94. The molecule has 3 rings (SSSR count). The van der Waals surface area contributed by atoms with E-state index in [1.165, 1.54) is 11.1 Å². The van der Waals surface area contributed by atoms with Crippen LogP contribution in [0.3, 0.4) is 0 Å². The van der Waals surface area contributed by atoms with Gasteiger partial charge < -0.3 is 4.74 Å². The smallest absolute Gasteiger partial charge is 0.120 e. The summed E-state index contributed by atoms with van der Waals surface area (Å²) in [5.74, 6) is 0.872. The summed E-state index contributed by atoms with van der Waals surface area (Å²) in [6, 6.07) is 28.8. The highest BCUT2D eigenvalue weighted by Gasteiger charge is 2.23. The Labute approximate surface area is 138 Å². The Hall–Kier alpha value is -2.54. The molecular weight excluding hydrogens is 280 g/mol. The Bertz CT molecular complexity index is 745. The zero-order valence-corrected chi connectivity index (χ0v) is 13.4. The number of benzene rings is 3. The van der Waals surface area contributed by atoms with Crippen molar-refractivity contribution < 1.29 is 4.74 Å². The van der Waals surface area contributed by atoms with Crippen LogP contribution in [0.25, 0.3) is 0 Å². The molecule has 0 aliphatic carbocycles. The molecule has 1 heteroatoms. The van der Waals surface area contributed by atoms with E-state index in [-0.39, 0.29) is 5.41 Å². The van der Waals surface area contributed by atoms with Gasteiger partial charge in [-0.2, -0.15) is 0 Å². The number of hydrogen-bond acceptors (Lipinski definition) is 1. The lowest BCUT2D eigenvalue weighted by Gasteiger charge is -2.26. The second-order valence-corrected chi connectivity index (χ2v) is 6.00. The lowest BCUT2D eigenvalue weighted by Crippen LogP contribution is -2.19. The Morgan fingerprint density at radius 3 is 2.09 bits per heavy atom. The molecule has 0 aliphatic rings. The van der Waals surface area contributed by atoms with Gasteiger partial charge in [0.2, 0.25) is 0 Å². The zero-order valence-electron chi connectivity index (χ0n) is 13.4. The predicted octanol–water partition coefficient (Wildman–Crippen LogP) is 5.41. The van der Waals surface area contributed by atoms with Gasteiger partial charge in [0.25, 0.3) is 0 Å². The maximum atomic E-state index is 5.94. The SMILES string of the molecule is [CH2]C(C)(c1ccccc1)c1cccc(OCc2ccccc2)c1. The first kappa shape index (κ1) is 15.4. The molecule has 0 saturated carbocycles. The molecule has 0 fully saturated rings. The molecule has 0 aromatic heterocycles. The van der Waals surface area contributed by atoms with E-state index in [1.54, 1.807) is 0 Å². The molecule has 3 aromatic rings. The molecule has 0 heterocycles. The van der Waals surface area contributed by atoms with Gasteiger partial charge in [-0.15, -0.1) is 0 Å². The Balaban J connectivity index is 1.80. The van der Waals surface area contributed by atoms with Crippen LogP contribution in [0, 0.1) is 6.92 Å². The van der Waals surface area contributed by atoms with Crippen LogP contribution >= 0.6 is 0 Å². The molecule has 0 bridgehead atoms. The van der Waals surface area contributed by atoms with Crippen molar-refractivity contribution in [3.8, 4) is 5.75 Å². The highest BCUT2D eigenvalue weighted by atomic mass is 16.5. The van der Waals surface area contributed by atoms with Crippen molar-refractivity contribution in [3.05, 3.63) is 109 Å². The average Bonchev–Trinajstić information content (AvgIpc) is 2.62. The molecule has 3 aromatic carbocycles. The van der Waals surface area contributed by atoms with E-state index in [2.05, 4.69) is 62.4 Å². The van der Waals surface area contributed by atoms with Gasteiger partial charge in [0, 0.05) is 5.41 Å². The molecule has 115 valence electrons. The molecule has 1 atom stereocenters. The van der Waals surface area contributed by atoms with Crippen LogP contribution in [0.4, 0.5) is 0 Å². The normalized spacial score (nSPS) is 11.2. The number of ether oxygens (including phenoxy) is 1. The molecule has 1 unspecified atom stereocenters. The van der Waals surface area contributed by atoms with Gasteiger partial charge in [-0.05, 0) is 35.7 Å². The monoisotopic (exact) mass is 301 g/mol. The summed E-state index contributed by atoms with van der Waals surface area (Å²) in [4.78, 5) is 0. The molecule has 0 saturated heterocycles. The van der Waals surface area contributed by atoms with Gasteiger partial charge in [-0.3, -0.25) is 0 Å². The first-order valence-electron chi connectivity index (χ1n) is 7.84. The Morgan fingerprint density at radius 2 is 1.39 bits per heavy atom. The topological polar surface area (TPSA) is 9.23 Å². The quantitative estimate of drug-likeness (QED) is 0.612. The van der Waals surface area contributed by atoms with Crippen molar-refractivity contribution in [1.82, 2.24) is 0 Å². The highest BCUT2D eigenvalue weighted by molar-refractivity contribution is 5.42. The lowest BCUT2D eigenvalue weighted by molar-refractivity contribution is 0.305. The third kappa shape index (κ3) is 3.62. The van der Waals surface area contributed by atoms with E-state index in [4.69, 9.17) is 4.74 Å². The third-order valence-electron chi connectivity index (χ3n) is 4.13. The van der Waals surface area contributed by atoms with Crippen LogP contribution in [-0.2, 0) is 12.0 Å². The summed E-state index contributed by atoms with van der Waals surface area (Å²) >= 11 is 0. The summed E-state index contributed by atoms with van der Waals surface area (Å²) in [6.45, 7) is 7.12. The van der Waals surface area contributed by atoms with Crippen LogP contribution in [0.1, 0.15) is 23.6 Å². The van der Waals surface area contributed by atoms with E-state index in [9.17, 15) is 0 Å². The van der Waals surface area contributed by atoms with Gasteiger partial charge in [-0.1, -0.05) is 79.7 Å². The van der Waals surface area contributed by atoms with Crippen LogP contribution in [0.5, 0.6) is 5.75 Å². The fraction of sp³-hybridized carbons (Fsp3) is 0.136. The molecule has 0 aliphatic heterocycles. The largest absolute Gasteiger partial charge is 0.489 e. The Kier molecular flexibility index (Phi) is 4.47. The van der Waals surface area contributed by atoms with Crippen molar-refractivity contribution in [2.45, 2.75) is 18.9 Å². The first-order valence-corrected chi connectivity index (χ1v) is 7.84. The number of hydrogen-bond donors (Lipinski definition) is 0. The second kappa shape index (κ2) is 6.70. The van der Waals surface area contributed by atoms with Crippen LogP contribution < -0.4 is 4.74 Å². The maximum Gasteiger partial charge on any atom is 0.120 e. The van der Waals surface area contributed by atoms with Gasteiger partial charge in [0.1, 0.15) is 12.4 Å². The molecule has 1 radical (unpaired) electrons. The van der Waals surface area contributed by atoms with Gasteiger partial charge in [0.05, 0.1) is 0 Å². The van der Waals surface area contributed by atoms with Crippen LogP contribution in [0.15, 0.2) is 84.9 Å². The molecular formula is C22H21O. The number of rotatable bonds is 5. The van der Waals surface area contributed by atoms with Crippen LogP contribution in [0.2, 0.25) is 0 Å². The van der Waals surface area contributed by atoms with Crippen molar-refractivity contribution in [1.29, 1.82) is 0 Å². The minimum absolute atomic E-state index is 0.298. The lowest BCUT2D eigenvalue weighted by atomic mass is 9.78. The molecule has 0 amide bonds. The Morgan fingerprint density at radius 1 is 0.783 bits per heavy atom. The van der Waals surface area contributed by atoms with Gasteiger partial charge >= 0.3 is 0 Å². The first-order chi connectivity index (χ1) is 11.2. The predicted molar refractivity (Wildman–Crippen MR) is 95.5 cm³/mol. The van der Waals surface area contributed by atoms with Crippen molar-refractivity contribution >= 4 is 0 Å². The van der Waals surface area contributed by atoms with E-state index in [0.717, 1.165) is 11.3 Å². The van der Waals surface area contributed by atoms with Crippen molar-refractivity contribution in [3.63, 3.8) is 0 Å². The van der Waals surface area contributed by atoms with Gasteiger partial charge in [0.15, 0.2) is 0 Å². The molecule has 1 nitrogen and oxygen atoms in total. The average molecular weight is 301 g/mol. The zero-order chi connectivity index (χ0) is 16.1. The fourth-order valence-corrected chi connectivity index (χ4v) is 2.64. The van der Waals surface area contributed by atoms with Gasteiger partial charge in [-0.25, -0.2) is 0 Å². The third-order valence-corrected chi connectivity index (χ3v) is 4.13. The minimum atomic E-state index is -0.298. The van der Waals surface area contributed by atoms with Crippen molar-refractivity contribution in [2.75, 3.05) is 0 Å². The fourth-order valence-electron chi connectivity index (χ4n) is 2.64. The summed E-state index contributed by atoms with van der Waals surface area (Å²) in [5.41, 5.74) is 3.21. The van der Waals surface area contributed by atoms with E-state index >= 15 is 0 Å². The molecule has 23 heavy (non-hydrogen) atoms. The molecule has 0 spiro atoms. The van der Waals surface area contributed by atoms with E-state index in [0.29, 0.717) is 6.61 Å².